The number of nitrogens with zero attached hydrogens (tertiary/aromatic N) is 1. The molecule has 5 heteroatoms. The summed E-state index contributed by atoms with van der Waals surface area (Å²) in [5.74, 6) is 0.422. The summed E-state index contributed by atoms with van der Waals surface area (Å²) in [6.07, 6.45) is 0.955. The third kappa shape index (κ3) is 2.72. The van der Waals surface area contributed by atoms with Gasteiger partial charge in [0, 0.05) is 11.4 Å². The highest BCUT2D eigenvalue weighted by Gasteiger charge is 2.05. The van der Waals surface area contributed by atoms with E-state index in [2.05, 4.69) is 28.3 Å². The molecular formula is C16H16N4O. The Bertz CT molecular complexity index is 854. The Morgan fingerprint density at radius 2 is 2.10 bits per heavy atom. The number of rotatable bonds is 3. The molecule has 0 unspecified atom stereocenters. The van der Waals surface area contributed by atoms with Gasteiger partial charge in [-0.2, -0.15) is 0 Å². The normalized spacial score (nSPS) is 10.7. The van der Waals surface area contributed by atoms with E-state index in [4.69, 9.17) is 5.73 Å². The number of benzene rings is 2. The van der Waals surface area contributed by atoms with Gasteiger partial charge in [-0.05, 0) is 42.3 Å². The third-order valence-electron chi connectivity index (χ3n) is 3.33. The van der Waals surface area contributed by atoms with Crippen molar-refractivity contribution in [3.05, 3.63) is 58.4 Å². The monoisotopic (exact) mass is 280 g/mol. The Labute approximate surface area is 121 Å². The first-order chi connectivity index (χ1) is 10.2. The highest BCUT2D eigenvalue weighted by molar-refractivity contribution is 5.82. The van der Waals surface area contributed by atoms with Crippen molar-refractivity contribution in [2.24, 2.45) is 0 Å². The molecule has 3 rings (SSSR count). The van der Waals surface area contributed by atoms with Crippen LogP contribution in [0.2, 0.25) is 0 Å². The van der Waals surface area contributed by atoms with Crippen LogP contribution in [0.15, 0.2) is 47.3 Å². The lowest BCUT2D eigenvalue weighted by Gasteiger charge is -2.08. The highest BCUT2D eigenvalue weighted by Crippen LogP contribution is 2.17. The molecule has 3 aromatic rings. The van der Waals surface area contributed by atoms with Gasteiger partial charge in [-0.1, -0.05) is 19.1 Å². The Balaban J connectivity index is 2.01. The van der Waals surface area contributed by atoms with Gasteiger partial charge in [0.2, 0.25) is 5.95 Å². The van der Waals surface area contributed by atoms with Crippen LogP contribution in [0.25, 0.3) is 10.9 Å². The predicted octanol–water partition coefficient (Wildman–Crippen LogP) is 2.81. The second-order valence-electron chi connectivity index (χ2n) is 4.87. The van der Waals surface area contributed by atoms with E-state index in [1.54, 1.807) is 18.2 Å². The maximum Gasteiger partial charge on any atom is 0.260 e. The highest BCUT2D eigenvalue weighted by atomic mass is 16.1. The zero-order valence-corrected chi connectivity index (χ0v) is 11.7. The number of anilines is 3. The molecule has 1 aromatic heterocycles. The zero-order valence-electron chi connectivity index (χ0n) is 11.7. The Hall–Kier alpha value is -2.82. The molecule has 106 valence electrons. The first-order valence-electron chi connectivity index (χ1n) is 6.81. The van der Waals surface area contributed by atoms with Gasteiger partial charge in [0.05, 0.1) is 10.9 Å². The summed E-state index contributed by atoms with van der Waals surface area (Å²) >= 11 is 0. The molecule has 2 aromatic carbocycles. The summed E-state index contributed by atoms with van der Waals surface area (Å²) < 4.78 is 0. The fourth-order valence-corrected chi connectivity index (χ4v) is 2.22. The predicted molar refractivity (Wildman–Crippen MR) is 85.9 cm³/mol. The van der Waals surface area contributed by atoms with Gasteiger partial charge in [-0.3, -0.25) is 9.78 Å². The molecule has 0 spiro atoms. The van der Waals surface area contributed by atoms with Crippen LogP contribution in [-0.2, 0) is 6.42 Å². The van der Waals surface area contributed by atoms with Crippen LogP contribution in [0, 0.1) is 0 Å². The van der Waals surface area contributed by atoms with E-state index in [1.165, 1.54) is 5.56 Å². The van der Waals surface area contributed by atoms with Gasteiger partial charge in [0.1, 0.15) is 0 Å². The minimum absolute atomic E-state index is 0.207. The molecule has 0 aliphatic heterocycles. The quantitative estimate of drug-likeness (QED) is 0.644. The van der Waals surface area contributed by atoms with Gasteiger partial charge in [-0.25, -0.2) is 4.98 Å². The second kappa shape index (κ2) is 5.28. The first-order valence-corrected chi connectivity index (χ1v) is 6.81. The first kappa shape index (κ1) is 13.2. The Morgan fingerprint density at radius 3 is 2.90 bits per heavy atom. The fraction of sp³-hybridized carbons (Fsp3) is 0.125. The molecule has 0 bridgehead atoms. The number of fused-ring (bicyclic) bond motifs is 1. The molecule has 0 amide bonds. The SMILES string of the molecule is CCc1cccc(Nc2nc3ccc(N)cc3c(=O)[nH]2)c1. The van der Waals surface area contributed by atoms with Gasteiger partial charge in [0.25, 0.3) is 5.56 Å². The summed E-state index contributed by atoms with van der Waals surface area (Å²) in [7, 11) is 0. The van der Waals surface area contributed by atoms with Crippen LogP contribution in [0.5, 0.6) is 0 Å². The van der Waals surface area contributed by atoms with E-state index >= 15 is 0 Å². The molecule has 0 fully saturated rings. The van der Waals surface area contributed by atoms with Gasteiger partial charge in [-0.15, -0.1) is 0 Å². The number of aromatic nitrogens is 2. The summed E-state index contributed by atoms with van der Waals surface area (Å²) in [4.78, 5) is 19.2. The van der Waals surface area contributed by atoms with Crippen molar-refractivity contribution >= 4 is 28.2 Å². The average Bonchev–Trinajstić information content (AvgIpc) is 2.48. The molecule has 0 aliphatic rings. The topological polar surface area (TPSA) is 83.8 Å². The smallest absolute Gasteiger partial charge is 0.260 e. The maximum atomic E-state index is 12.1. The molecule has 0 aliphatic carbocycles. The number of nitrogen functional groups attached to an aromatic ring is 1. The summed E-state index contributed by atoms with van der Waals surface area (Å²) in [5, 5.41) is 3.62. The van der Waals surface area contributed by atoms with E-state index in [0.717, 1.165) is 12.1 Å². The van der Waals surface area contributed by atoms with E-state index in [0.29, 0.717) is 22.5 Å². The zero-order chi connectivity index (χ0) is 14.8. The molecule has 4 N–H and O–H groups in total. The minimum atomic E-state index is -0.207. The number of nitrogens with two attached hydrogens (primary N) is 1. The van der Waals surface area contributed by atoms with Crippen LogP contribution in [0.1, 0.15) is 12.5 Å². The van der Waals surface area contributed by atoms with Crippen LogP contribution in [-0.4, -0.2) is 9.97 Å². The lowest BCUT2D eigenvalue weighted by Crippen LogP contribution is -2.11. The molecule has 21 heavy (non-hydrogen) atoms. The van der Waals surface area contributed by atoms with Crippen molar-refractivity contribution in [1.82, 2.24) is 9.97 Å². The summed E-state index contributed by atoms with van der Waals surface area (Å²) in [6, 6.07) is 13.1. The van der Waals surface area contributed by atoms with E-state index in [1.807, 2.05) is 18.2 Å². The lowest BCUT2D eigenvalue weighted by atomic mass is 10.1. The van der Waals surface area contributed by atoms with Crippen molar-refractivity contribution in [2.45, 2.75) is 13.3 Å². The van der Waals surface area contributed by atoms with Crippen LogP contribution >= 0.6 is 0 Å². The fourth-order valence-electron chi connectivity index (χ4n) is 2.22. The van der Waals surface area contributed by atoms with E-state index < -0.39 is 0 Å². The van der Waals surface area contributed by atoms with Crippen molar-refractivity contribution in [1.29, 1.82) is 0 Å². The molecular weight excluding hydrogens is 264 g/mol. The molecule has 0 radical (unpaired) electrons. The number of aryl methyl sites for hydroxylation is 1. The minimum Gasteiger partial charge on any atom is -0.399 e. The van der Waals surface area contributed by atoms with E-state index in [-0.39, 0.29) is 5.56 Å². The molecule has 0 saturated heterocycles. The number of hydrogen-bond donors (Lipinski definition) is 3. The largest absolute Gasteiger partial charge is 0.399 e. The van der Waals surface area contributed by atoms with Gasteiger partial charge < -0.3 is 11.1 Å². The molecule has 0 saturated carbocycles. The Kier molecular flexibility index (Phi) is 3.31. The molecule has 0 atom stereocenters. The number of nitrogens with one attached hydrogen (secondary N) is 2. The standard InChI is InChI=1S/C16H16N4O/c1-2-10-4-3-5-12(8-10)18-16-19-14-7-6-11(17)9-13(14)15(21)20-16/h3-9H,2,17H2,1H3,(H2,18,19,20,21). The van der Waals surface area contributed by atoms with Crippen molar-refractivity contribution in [3.63, 3.8) is 0 Å². The van der Waals surface area contributed by atoms with Crippen LogP contribution in [0.3, 0.4) is 0 Å². The van der Waals surface area contributed by atoms with Crippen molar-refractivity contribution in [3.8, 4) is 0 Å². The van der Waals surface area contributed by atoms with Crippen LogP contribution in [0.4, 0.5) is 17.3 Å². The van der Waals surface area contributed by atoms with Crippen molar-refractivity contribution in [2.75, 3.05) is 11.1 Å². The second-order valence-corrected chi connectivity index (χ2v) is 4.87. The summed E-state index contributed by atoms with van der Waals surface area (Å²) in [6.45, 7) is 2.10. The maximum absolute atomic E-state index is 12.1. The number of hydrogen-bond acceptors (Lipinski definition) is 4. The van der Waals surface area contributed by atoms with Crippen LogP contribution < -0.4 is 16.6 Å². The number of aromatic amines is 1. The molecule has 5 nitrogen and oxygen atoms in total. The van der Waals surface area contributed by atoms with Crippen molar-refractivity contribution < 1.29 is 0 Å². The van der Waals surface area contributed by atoms with E-state index in [9.17, 15) is 4.79 Å². The molecule has 1 heterocycles. The Morgan fingerprint density at radius 1 is 1.24 bits per heavy atom. The lowest BCUT2D eigenvalue weighted by molar-refractivity contribution is 1.13. The van der Waals surface area contributed by atoms with Gasteiger partial charge >= 0.3 is 0 Å². The summed E-state index contributed by atoms with van der Waals surface area (Å²) in [5.41, 5.74) is 8.76. The average molecular weight is 280 g/mol. The number of H-pyrrole nitrogens is 1. The third-order valence-corrected chi connectivity index (χ3v) is 3.33. The van der Waals surface area contributed by atoms with Gasteiger partial charge in [0.15, 0.2) is 0 Å².